The number of aliphatic hydroxyl groups is 1. The van der Waals surface area contributed by atoms with Gasteiger partial charge in [0.15, 0.2) is 24.3 Å². The van der Waals surface area contributed by atoms with Gasteiger partial charge in [-0.2, -0.15) is 0 Å². The van der Waals surface area contributed by atoms with Gasteiger partial charge in [-0.05, 0) is 13.8 Å². The van der Waals surface area contributed by atoms with Gasteiger partial charge in [0.1, 0.15) is 18.8 Å². The second kappa shape index (κ2) is 5.88. The Labute approximate surface area is 122 Å². The molecule has 8 nitrogen and oxygen atoms in total. The van der Waals surface area contributed by atoms with Crippen molar-refractivity contribution >= 4 is 11.9 Å². The average molecular weight is 304 g/mol. The SMILES string of the molecule is CC(=O)OCC(O)C1OC2OC(C)(C)OC2C1OC(C)=O. The third kappa shape index (κ3) is 3.70. The molecule has 120 valence electrons. The van der Waals surface area contributed by atoms with E-state index in [9.17, 15) is 14.7 Å². The number of hydrogen-bond acceptors (Lipinski definition) is 8. The molecule has 21 heavy (non-hydrogen) atoms. The molecule has 0 saturated carbocycles. The summed E-state index contributed by atoms with van der Waals surface area (Å²) in [4.78, 5) is 22.0. The maximum absolute atomic E-state index is 11.2. The first-order chi connectivity index (χ1) is 9.69. The second-order valence-corrected chi connectivity index (χ2v) is 5.51. The summed E-state index contributed by atoms with van der Waals surface area (Å²) in [7, 11) is 0. The van der Waals surface area contributed by atoms with Crippen molar-refractivity contribution in [2.24, 2.45) is 0 Å². The molecule has 2 rings (SSSR count). The molecule has 2 heterocycles. The number of rotatable bonds is 4. The molecule has 5 unspecified atom stereocenters. The maximum atomic E-state index is 11.2. The van der Waals surface area contributed by atoms with E-state index in [1.165, 1.54) is 13.8 Å². The third-order valence-corrected chi connectivity index (χ3v) is 3.17. The highest BCUT2D eigenvalue weighted by Crippen LogP contribution is 2.39. The molecule has 8 heteroatoms. The fraction of sp³-hybridized carbons (Fsp3) is 0.846. The van der Waals surface area contributed by atoms with Gasteiger partial charge in [0, 0.05) is 13.8 Å². The van der Waals surface area contributed by atoms with Crippen molar-refractivity contribution in [3.63, 3.8) is 0 Å². The van der Waals surface area contributed by atoms with E-state index in [1.807, 2.05) is 0 Å². The van der Waals surface area contributed by atoms with Gasteiger partial charge in [-0.3, -0.25) is 9.59 Å². The molecule has 1 N–H and O–H groups in total. The fourth-order valence-corrected chi connectivity index (χ4v) is 2.44. The molecule has 5 atom stereocenters. The van der Waals surface area contributed by atoms with Crippen LogP contribution in [0, 0.1) is 0 Å². The van der Waals surface area contributed by atoms with Crippen LogP contribution in [0.4, 0.5) is 0 Å². The quantitative estimate of drug-likeness (QED) is 0.708. The molecule has 0 aromatic heterocycles. The van der Waals surface area contributed by atoms with Crippen molar-refractivity contribution in [2.75, 3.05) is 6.61 Å². The van der Waals surface area contributed by atoms with Gasteiger partial charge >= 0.3 is 11.9 Å². The lowest BCUT2D eigenvalue weighted by Crippen LogP contribution is -2.45. The Hall–Kier alpha value is -1.22. The van der Waals surface area contributed by atoms with Crippen LogP contribution in [0.15, 0.2) is 0 Å². The van der Waals surface area contributed by atoms with Crippen LogP contribution in [0.3, 0.4) is 0 Å². The predicted molar refractivity (Wildman–Crippen MR) is 66.9 cm³/mol. The fourth-order valence-electron chi connectivity index (χ4n) is 2.44. The first-order valence-electron chi connectivity index (χ1n) is 6.69. The van der Waals surface area contributed by atoms with E-state index < -0.39 is 48.4 Å². The van der Waals surface area contributed by atoms with E-state index in [-0.39, 0.29) is 6.61 Å². The van der Waals surface area contributed by atoms with Crippen LogP contribution in [-0.2, 0) is 33.3 Å². The molecule has 0 bridgehead atoms. The zero-order valence-electron chi connectivity index (χ0n) is 12.4. The van der Waals surface area contributed by atoms with Crippen LogP contribution in [0.25, 0.3) is 0 Å². The lowest BCUT2D eigenvalue weighted by Gasteiger charge is -2.27. The summed E-state index contributed by atoms with van der Waals surface area (Å²) < 4.78 is 26.7. The molecule has 0 amide bonds. The minimum Gasteiger partial charge on any atom is -0.463 e. The van der Waals surface area contributed by atoms with Crippen LogP contribution in [0.2, 0.25) is 0 Å². The normalized spacial score (nSPS) is 35.1. The lowest BCUT2D eigenvalue weighted by atomic mass is 10.1. The van der Waals surface area contributed by atoms with Crippen LogP contribution in [0.1, 0.15) is 27.7 Å². The van der Waals surface area contributed by atoms with Crippen LogP contribution >= 0.6 is 0 Å². The van der Waals surface area contributed by atoms with Gasteiger partial charge in [0.25, 0.3) is 0 Å². The number of aliphatic hydroxyl groups excluding tert-OH is 1. The van der Waals surface area contributed by atoms with E-state index in [1.54, 1.807) is 13.8 Å². The summed E-state index contributed by atoms with van der Waals surface area (Å²) in [6.45, 7) is 5.65. The molecule has 0 aliphatic carbocycles. The highest BCUT2D eigenvalue weighted by atomic mass is 16.8. The van der Waals surface area contributed by atoms with Gasteiger partial charge in [0.2, 0.25) is 0 Å². The Morgan fingerprint density at radius 3 is 2.48 bits per heavy atom. The van der Waals surface area contributed by atoms with Crippen molar-refractivity contribution in [3.05, 3.63) is 0 Å². The Bertz CT molecular complexity index is 420. The summed E-state index contributed by atoms with van der Waals surface area (Å²) in [6, 6.07) is 0. The summed E-state index contributed by atoms with van der Waals surface area (Å²) in [5.41, 5.74) is 0. The molecule has 2 saturated heterocycles. The monoisotopic (exact) mass is 304 g/mol. The van der Waals surface area contributed by atoms with E-state index in [4.69, 9.17) is 23.7 Å². The largest absolute Gasteiger partial charge is 0.463 e. The Morgan fingerprint density at radius 1 is 1.24 bits per heavy atom. The molecule has 2 aliphatic heterocycles. The molecular formula is C13H20O8. The molecule has 0 aromatic rings. The first-order valence-corrected chi connectivity index (χ1v) is 6.69. The molecule has 0 spiro atoms. The highest BCUT2D eigenvalue weighted by Gasteiger charge is 2.58. The van der Waals surface area contributed by atoms with E-state index in [0.717, 1.165) is 0 Å². The predicted octanol–water partition coefficient (Wildman–Crippen LogP) is -0.282. The van der Waals surface area contributed by atoms with Crippen molar-refractivity contribution in [3.8, 4) is 0 Å². The minimum atomic E-state index is -1.15. The standard InChI is InChI=1S/C13H20O8/c1-6(14)17-5-8(16)9-10(18-7(2)15)11-12(19-9)21-13(3,4)20-11/h8-12,16H,5H2,1-4H3. The molecule has 0 aromatic carbocycles. The maximum Gasteiger partial charge on any atom is 0.303 e. The number of esters is 2. The van der Waals surface area contributed by atoms with Gasteiger partial charge in [-0.25, -0.2) is 0 Å². The number of fused-ring (bicyclic) bond motifs is 1. The van der Waals surface area contributed by atoms with Crippen LogP contribution < -0.4 is 0 Å². The summed E-state index contributed by atoms with van der Waals surface area (Å²) in [6.07, 6.45) is -4.26. The van der Waals surface area contributed by atoms with Crippen LogP contribution in [0.5, 0.6) is 0 Å². The molecule has 0 radical (unpaired) electrons. The van der Waals surface area contributed by atoms with Crippen molar-refractivity contribution in [2.45, 2.75) is 64.2 Å². The summed E-state index contributed by atoms with van der Waals surface area (Å²) in [5, 5.41) is 10.1. The van der Waals surface area contributed by atoms with Crippen molar-refractivity contribution < 1.29 is 38.4 Å². The third-order valence-electron chi connectivity index (χ3n) is 3.17. The Morgan fingerprint density at radius 2 is 1.90 bits per heavy atom. The molecule has 2 aliphatic rings. The smallest absolute Gasteiger partial charge is 0.303 e. The second-order valence-electron chi connectivity index (χ2n) is 5.51. The van der Waals surface area contributed by atoms with E-state index in [0.29, 0.717) is 0 Å². The number of carbonyl (C=O) groups is 2. The summed E-state index contributed by atoms with van der Waals surface area (Å²) in [5.74, 6) is -1.91. The van der Waals surface area contributed by atoms with Gasteiger partial charge < -0.3 is 28.8 Å². The van der Waals surface area contributed by atoms with Gasteiger partial charge in [-0.15, -0.1) is 0 Å². The van der Waals surface area contributed by atoms with Gasteiger partial charge in [-0.1, -0.05) is 0 Å². The number of hydrogen-bond donors (Lipinski definition) is 1. The topological polar surface area (TPSA) is 101 Å². The van der Waals surface area contributed by atoms with E-state index >= 15 is 0 Å². The zero-order valence-corrected chi connectivity index (χ0v) is 12.4. The molecule has 2 fully saturated rings. The minimum absolute atomic E-state index is 0.263. The van der Waals surface area contributed by atoms with Crippen LogP contribution in [-0.4, -0.2) is 60.1 Å². The Balaban J connectivity index is 2.07. The van der Waals surface area contributed by atoms with E-state index in [2.05, 4.69) is 0 Å². The first kappa shape index (κ1) is 16.2. The van der Waals surface area contributed by atoms with Crippen molar-refractivity contribution in [1.29, 1.82) is 0 Å². The number of ether oxygens (including phenoxy) is 5. The zero-order chi connectivity index (χ0) is 15.8. The number of carbonyl (C=O) groups excluding carboxylic acids is 2. The van der Waals surface area contributed by atoms with Gasteiger partial charge in [0.05, 0.1) is 0 Å². The average Bonchev–Trinajstić information content (AvgIpc) is 2.79. The highest BCUT2D eigenvalue weighted by molar-refractivity contribution is 5.66. The lowest BCUT2D eigenvalue weighted by molar-refractivity contribution is -0.231. The molecular weight excluding hydrogens is 284 g/mol. The Kier molecular flexibility index (Phi) is 4.52. The summed E-state index contributed by atoms with van der Waals surface area (Å²) >= 11 is 0. The van der Waals surface area contributed by atoms with Crippen molar-refractivity contribution in [1.82, 2.24) is 0 Å².